The Labute approximate surface area is 111 Å². The molecule has 0 saturated heterocycles. The monoisotopic (exact) mass is 293 g/mol. The summed E-state index contributed by atoms with van der Waals surface area (Å²) in [6.07, 6.45) is 0. The molecule has 0 aliphatic heterocycles. The van der Waals surface area contributed by atoms with Crippen molar-refractivity contribution in [2.75, 3.05) is 11.3 Å². The highest BCUT2D eigenvalue weighted by Gasteiger charge is 2.13. The van der Waals surface area contributed by atoms with Crippen molar-refractivity contribution in [3.05, 3.63) is 28.8 Å². The second-order valence-corrected chi connectivity index (χ2v) is 5.53. The quantitative estimate of drug-likeness (QED) is 0.713. The summed E-state index contributed by atoms with van der Waals surface area (Å²) in [7, 11) is -3.63. The first-order valence-corrected chi connectivity index (χ1v) is 6.99. The number of halogens is 1. The third-order valence-corrected chi connectivity index (χ3v) is 3.44. The van der Waals surface area contributed by atoms with E-state index in [1.165, 1.54) is 6.07 Å². The minimum Gasteiger partial charge on any atom is -0.389 e. The van der Waals surface area contributed by atoms with Crippen molar-refractivity contribution in [2.24, 2.45) is 5.73 Å². The smallest absolute Gasteiger partial charge is 0.299 e. The molecule has 0 fully saturated rings. The van der Waals surface area contributed by atoms with Crippen LogP contribution in [0.1, 0.15) is 12.5 Å². The predicted molar refractivity (Wildman–Crippen MR) is 73.6 cm³/mol. The third-order valence-electron chi connectivity index (χ3n) is 1.83. The van der Waals surface area contributed by atoms with Crippen LogP contribution in [0.15, 0.2) is 18.2 Å². The van der Waals surface area contributed by atoms with Crippen molar-refractivity contribution < 1.29 is 8.42 Å². The Kier molecular flexibility index (Phi) is 4.70. The Bertz CT molecular complexity index is 531. The van der Waals surface area contributed by atoms with Crippen LogP contribution in [0.2, 0.25) is 5.02 Å². The molecular formula is C9H12ClN3O2S2. The van der Waals surface area contributed by atoms with E-state index < -0.39 is 10.2 Å². The molecule has 0 bridgehead atoms. The van der Waals surface area contributed by atoms with Crippen molar-refractivity contribution in [2.45, 2.75) is 6.92 Å². The summed E-state index contributed by atoms with van der Waals surface area (Å²) in [6.45, 7) is 1.95. The topological polar surface area (TPSA) is 84.2 Å². The molecule has 0 aliphatic carbocycles. The van der Waals surface area contributed by atoms with Gasteiger partial charge in [0.1, 0.15) is 4.99 Å². The highest BCUT2D eigenvalue weighted by molar-refractivity contribution is 7.90. The maximum atomic E-state index is 11.5. The summed E-state index contributed by atoms with van der Waals surface area (Å²) in [5, 5.41) is 0.388. The van der Waals surface area contributed by atoms with Gasteiger partial charge in [-0.25, -0.2) is 0 Å². The molecule has 0 amide bonds. The van der Waals surface area contributed by atoms with E-state index >= 15 is 0 Å². The molecule has 4 N–H and O–H groups in total. The summed E-state index contributed by atoms with van der Waals surface area (Å²) in [6, 6.07) is 4.60. The Morgan fingerprint density at radius 1 is 1.53 bits per heavy atom. The molecule has 0 aliphatic rings. The van der Waals surface area contributed by atoms with Gasteiger partial charge in [-0.2, -0.15) is 13.1 Å². The van der Waals surface area contributed by atoms with E-state index in [9.17, 15) is 8.42 Å². The molecule has 0 unspecified atom stereocenters. The Morgan fingerprint density at radius 3 is 2.71 bits per heavy atom. The summed E-state index contributed by atoms with van der Waals surface area (Å²) in [4.78, 5) is 0.0934. The molecule has 1 rings (SSSR count). The zero-order valence-electron chi connectivity index (χ0n) is 9.03. The van der Waals surface area contributed by atoms with Gasteiger partial charge in [-0.1, -0.05) is 30.7 Å². The van der Waals surface area contributed by atoms with Gasteiger partial charge < -0.3 is 5.73 Å². The fourth-order valence-electron chi connectivity index (χ4n) is 1.19. The van der Waals surface area contributed by atoms with E-state index in [1.807, 2.05) is 0 Å². The number of rotatable bonds is 5. The van der Waals surface area contributed by atoms with E-state index in [1.54, 1.807) is 19.1 Å². The predicted octanol–water partition coefficient (Wildman–Crippen LogP) is 1.24. The molecule has 0 radical (unpaired) electrons. The van der Waals surface area contributed by atoms with E-state index in [2.05, 4.69) is 9.44 Å². The number of nitrogens with one attached hydrogen (secondary N) is 2. The molecule has 0 heterocycles. The number of anilines is 1. The molecule has 5 nitrogen and oxygen atoms in total. The molecule has 17 heavy (non-hydrogen) atoms. The Hall–Kier alpha value is -0.890. The summed E-state index contributed by atoms with van der Waals surface area (Å²) in [5.74, 6) is 0. The largest absolute Gasteiger partial charge is 0.389 e. The van der Waals surface area contributed by atoms with Gasteiger partial charge in [0, 0.05) is 17.1 Å². The van der Waals surface area contributed by atoms with Gasteiger partial charge in [0.25, 0.3) is 10.2 Å². The lowest BCUT2D eigenvalue weighted by Crippen LogP contribution is -2.30. The average Bonchev–Trinajstić information content (AvgIpc) is 2.15. The van der Waals surface area contributed by atoms with Crippen molar-refractivity contribution in [3.63, 3.8) is 0 Å². The molecule has 94 valence electrons. The molecule has 0 aromatic heterocycles. The van der Waals surface area contributed by atoms with E-state index in [4.69, 9.17) is 29.6 Å². The number of thiocarbonyl (C=S) groups is 1. The molecular weight excluding hydrogens is 282 g/mol. The Balaban J connectivity index is 3.13. The molecule has 8 heteroatoms. The minimum absolute atomic E-state index is 0.0934. The highest BCUT2D eigenvalue weighted by Crippen LogP contribution is 2.21. The summed E-state index contributed by atoms with van der Waals surface area (Å²) < 4.78 is 27.7. The summed E-state index contributed by atoms with van der Waals surface area (Å²) in [5.41, 5.74) is 6.17. The number of nitrogens with two attached hydrogens (primary N) is 1. The van der Waals surface area contributed by atoms with Crippen molar-refractivity contribution in [1.29, 1.82) is 0 Å². The third kappa shape index (κ3) is 4.12. The van der Waals surface area contributed by atoms with Crippen molar-refractivity contribution in [3.8, 4) is 0 Å². The normalized spacial score (nSPS) is 11.2. The maximum absolute atomic E-state index is 11.5. The first-order valence-electron chi connectivity index (χ1n) is 4.72. The first-order chi connectivity index (χ1) is 7.85. The molecule has 1 aromatic carbocycles. The van der Waals surface area contributed by atoms with Gasteiger partial charge in [0.2, 0.25) is 0 Å². The lowest BCUT2D eigenvalue weighted by molar-refractivity contribution is 0.589. The lowest BCUT2D eigenvalue weighted by atomic mass is 10.2. The van der Waals surface area contributed by atoms with Crippen LogP contribution in [0.3, 0.4) is 0 Å². The average molecular weight is 294 g/mol. The fraction of sp³-hybridized carbons (Fsp3) is 0.222. The highest BCUT2D eigenvalue weighted by atomic mass is 35.5. The zero-order valence-corrected chi connectivity index (χ0v) is 11.4. The van der Waals surface area contributed by atoms with Crippen LogP contribution in [-0.4, -0.2) is 20.0 Å². The van der Waals surface area contributed by atoms with Gasteiger partial charge in [-0.05, 0) is 18.2 Å². The fourth-order valence-corrected chi connectivity index (χ4v) is 2.45. The first kappa shape index (κ1) is 14.2. The van der Waals surface area contributed by atoms with Crippen molar-refractivity contribution >= 4 is 44.7 Å². The molecule has 0 saturated carbocycles. The standard InChI is InChI=1S/C9H12ClN3O2S2/c1-2-12-17(14,15)13-8-5-6(10)3-4-7(8)9(11)16/h3-5,12-13H,2H2,1H3,(H2,11,16). The van der Waals surface area contributed by atoms with Crippen LogP contribution in [0.5, 0.6) is 0 Å². The van der Waals surface area contributed by atoms with E-state index in [-0.39, 0.29) is 17.2 Å². The van der Waals surface area contributed by atoms with Gasteiger partial charge in [-0.15, -0.1) is 0 Å². The van der Waals surface area contributed by atoms with Crippen LogP contribution < -0.4 is 15.2 Å². The number of hydrogen-bond acceptors (Lipinski definition) is 3. The molecule has 1 aromatic rings. The summed E-state index contributed by atoms with van der Waals surface area (Å²) >= 11 is 10.6. The van der Waals surface area contributed by atoms with Gasteiger partial charge in [-0.3, -0.25) is 4.72 Å². The maximum Gasteiger partial charge on any atom is 0.299 e. The number of benzene rings is 1. The number of hydrogen-bond donors (Lipinski definition) is 3. The zero-order chi connectivity index (χ0) is 13.1. The van der Waals surface area contributed by atoms with Gasteiger partial charge >= 0.3 is 0 Å². The second-order valence-electron chi connectivity index (χ2n) is 3.16. The van der Waals surface area contributed by atoms with E-state index in [0.29, 0.717) is 10.6 Å². The van der Waals surface area contributed by atoms with Crippen molar-refractivity contribution in [1.82, 2.24) is 4.72 Å². The minimum atomic E-state index is -3.63. The van der Waals surface area contributed by atoms with Crippen LogP contribution in [0.4, 0.5) is 5.69 Å². The lowest BCUT2D eigenvalue weighted by Gasteiger charge is -2.12. The van der Waals surface area contributed by atoms with E-state index in [0.717, 1.165) is 0 Å². The SMILES string of the molecule is CCNS(=O)(=O)Nc1cc(Cl)ccc1C(N)=S. The van der Waals surface area contributed by atoms with Crippen LogP contribution >= 0.6 is 23.8 Å². The molecule has 0 spiro atoms. The second kappa shape index (κ2) is 5.63. The molecule has 0 atom stereocenters. The van der Waals surface area contributed by atoms with Gasteiger partial charge in [0.15, 0.2) is 0 Å². The van der Waals surface area contributed by atoms with Crippen LogP contribution in [0, 0.1) is 0 Å². The Morgan fingerprint density at radius 2 is 2.18 bits per heavy atom. The van der Waals surface area contributed by atoms with Crippen LogP contribution in [0.25, 0.3) is 0 Å². The van der Waals surface area contributed by atoms with Gasteiger partial charge in [0.05, 0.1) is 5.69 Å². The van der Waals surface area contributed by atoms with Crippen LogP contribution in [-0.2, 0) is 10.2 Å².